The molecule has 0 aromatic rings. The molecule has 1 heteroatoms. The summed E-state index contributed by atoms with van der Waals surface area (Å²) < 4.78 is 0. The van der Waals surface area contributed by atoms with Crippen LogP contribution in [0.3, 0.4) is 0 Å². The average Bonchev–Trinajstić information content (AvgIpc) is 2.85. The number of hydrogen-bond acceptors (Lipinski definition) is 1. The summed E-state index contributed by atoms with van der Waals surface area (Å²) in [6.07, 6.45) is 14.1. The first-order chi connectivity index (χ1) is 9.96. The Morgan fingerprint density at radius 1 is 1.00 bits per heavy atom. The van der Waals surface area contributed by atoms with Crippen LogP contribution >= 0.6 is 0 Å². The molecule has 0 aromatic heterocycles. The molecule has 0 heterocycles. The molecule has 3 saturated carbocycles. The van der Waals surface area contributed by atoms with Crippen molar-refractivity contribution in [2.75, 3.05) is 0 Å². The highest BCUT2D eigenvalue weighted by Crippen LogP contribution is 2.65. The Labute approximate surface area is 129 Å². The summed E-state index contributed by atoms with van der Waals surface area (Å²) in [7, 11) is 0. The lowest BCUT2D eigenvalue weighted by atomic mass is 9.45. The third-order valence-corrected chi connectivity index (χ3v) is 8.29. The lowest BCUT2D eigenvalue weighted by Crippen LogP contribution is -2.53. The van der Waals surface area contributed by atoms with Gasteiger partial charge in [-0.3, -0.25) is 4.79 Å². The summed E-state index contributed by atoms with van der Waals surface area (Å²) in [6, 6.07) is 0. The first-order valence-corrected chi connectivity index (χ1v) is 9.19. The molecular weight excluding hydrogens is 256 g/mol. The van der Waals surface area contributed by atoms with Gasteiger partial charge in [-0.05, 0) is 79.1 Å². The van der Waals surface area contributed by atoms with E-state index < -0.39 is 0 Å². The number of hydrogen-bond donors (Lipinski definition) is 0. The SMILES string of the molecule is CC1C(=O)C=C[C@@]2(C)[C@H]1CC[C@H]1[C@@H]3CCC[C@@]3(C)CC[C@@H]12. The van der Waals surface area contributed by atoms with Crippen molar-refractivity contribution in [2.45, 2.75) is 65.7 Å². The van der Waals surface area contributed by atoms with E-state index in [1.54, 1.807) is 0 Å². The Balaban J connectivity index is 1.70. The van der Waals surface area contributed by atoms with E-state index in [0.717, 1.165) is 17.8 Å². The summed E-state index contributed by atoms with van der Waals surface area (Å²) in [5.74, 6) is 3.95. The van der Waals surface area contributed by atoms with Gasteiger partial charge in [-0.1, -0.05) is 33.3 Å². The largest absolute Gasteiger partial charge is 0.295 e. The Bertz CT molecular complexity index is 492. The van der Waals surface area contributed by atoms with E-state index in [1.807, 2.05) is 6.08 Å². The van der Waals surface area contributed by atoms with Crippen LogP contribution in [0.4, 0.5) is 0 Å². The molecule has 0 bridgehead atoms. The molecule has 7 atom stereocenters. The average molecular weight is 286 g/mol. The smallest absolute Gasteiger partial charge is 0.158 e. The molecule has 0 spiro atoms. The fourth-order valence-electron chi connectivity index (χ4n) is 7.06. The molecule has 4 aliphatic rings. The second kappa shape index (κ2) is 4.46. The Morgan fingerprint density at radius 3 is 2.62 bits per heavy atom. The molecule has 0 radical (unpaired) electrons. The highest BCUT2D eigenvalue weighted by molar-refractivity contribution is 5.92. The van der Waals surface area contributed by atoms with E-state index in [1.165, 1.54) is 44.9 Å². The minimum absolute atomic E-state index is 0.248. The van der Waals surface area contributed by atoms with Gasteiger partial charge < -0.3 is 0 Å². The molecule has 4 rings (SSSR count). The summed E-state index contributed by atoms with van der Waals surface area (Å²) >= 11 is 0. The van der Waals surface area contributed by atoms with Gasteiger partial charge in [-0.25, -0.2) is 0 Å². The second-order valence-electron chi connectivity index (χ2n) is 9.04. The fourth-order valence-corrected chi connectivity index (χ4v) is 7.06. The maximum atomic E-state index is 12.1. The van der Waals surface area contributed by atoms with Crippen molar-refractivity contribution in [3.8, 4) is 0 Å². The van der Waals surface area contributed by atoms with Crippen LogP contribution in [0, 0.1) is 40.4 Å². The highest BCUT2D eigenvalue weighted by Gasteiger charge is 2.58. The zero-order valence-corrected chi connectivity index (χ0v) is 13.9. The number of carbonyl (C=O) groups is 1. The van der Waals surface area contributed by atoms with Crippen molar-refractivity contribution in [1.29, 1.82) is 0 Å². The molecule has 0 saturated heterocycles. The van der Waals surface area contributed by atoms with Crippen LogP contribution < -0.4 is 0 Å². The van der Waals surface area contributed by atoms with Crippen LogP contribution in [-0.4, -0.2) is 5.78 Å². The first kappa shape index (κ1) is 14.0. The van der Waals surface area contributed by atoms with Crippen molar-refractivity contribution >= 4 is 5.78 Å². The summed E-state index contributed by atoms with van der Waals surface area (Å²) in [6.45, 7) is 7.22. The summed E-state index contributed by atoms with van der Waals surface area (Å²) in [4.78, 5) is 12.1. The zero-order valence-electron chi connectivity index (χ0n) is 13.9. The third kappa shape index (κ3) is 1.79. The molecule has 4 aliphatic carbocycles. The van der Waals surface area contributed by atoms with Crippen LogP contribution in [0.25, 0.3) is 0 Å². The topological polar surface area (TPSA) is 17.1 Å². The quantitative estimate of drug-likeness (QED) is 0.611. The number of ketones is 1. The monoisotopic (exact) mass is 286 g/mol. The molecule has 116 valence electrons. The molecule has 1 unspecified atom stereocenters. The van der Waals surface area contributed by atoms with Crippen LogP contribution in [-0.2, 0) is 4.79 Å². The lowest BCUT2D eigenvalue weighted by molar-refractivity contribution is -0.128. The molecule has 0 aromatic carbocycles. The van der Waals surface area contributed by atoms with Gasteiger partial charge in [0.15, 0.2) is 5.78 Å². The van der Waals surface area contributed by atoms with Gasteiger partial charge in [0.1, 0.15) is 0 Å². The van der Waals surface area contributed by atoms with Crippen molar-refractivity contribution in [2.24, 2.45) is 40.4 Å². The third-order valence-electron chi connectivity index (χ3n) is 8.29. The summed E-state index contributed by atoms with van der Waals surface area (Å²) in [5.41, 5.74) is 0.935. The lowest BCUT2D eigenvalue weighted by Gasteiger charge is -2.59. The molecule has 21 heavy (non-hydrogen) atoms. The number of rotatable bonds is 0. The predicted octanol–water partition coefficient (Wildman–Crippen LogP) is 5.01. The molecule has 0 amide bonds. The van der Waals surface area contributed by atoms with Crippen molar-refractivity contribution in [3.05, 3.63) is 12.2 Å². The van der Waals surface area contributed by atoms with E-state index in [2.05, 4.69) is 26.8 Å². The number of fused-ring (bicyclic) bond motifs is 5. The van der Waals surface area contributed by atoms with Crippen molar-refractivity contribution in [3.63, 3.8) is 0 Å². The Kier molecular flexibility index (Phi) is 2.98. The second-order valence-corrected chi connectivity index (χ2v) is 9.04. The van der Waals surface area contributed by atoms with Crippen molar-refractivity contribution < 1.29 is 4.79 Å². The molecule has 0 aliphatic heterocycles. The standard InChI is InChI=1S/C20H30O/c1-13-15-7-6-14-16-5-4-10-19(16,2)11-8-17(14)20(15,3)12-9-18(13)21/h9,12-17H,4-8,10-11H2,1-3H3/t13?,14-,15-,16-,17-,19-,20-/m0/s1. The van der Waals surface area contributed by atoms with Crippen LogP contribution in [0.5, 0.6) is 0 Å². The molecule has 0 N–H and O–H groups in total. The van der Waals surface area contributed by atoms with E-state index in [4.69, 9.17) is 0 Å². The minimum atomic E-state index is 0.248. The van der Waals surface area contributed by atoms with Gasteiger partial charge in [0, 0.05) is 5.92 Å². The maximum Gasteiger partial charge on any atom is 0.158 e. The molecule has 1 nitrogen and oxygen atoms in total. The maximum absolute atomic E-state index is 12.1. The minimum Gasteiger partial charge on any atom is -0.295 e. The highest BCUT2D eigenvalue weighted by atomic mass is 16.1. The Morgan fingerprint density at radius 2 is 1.81 bits per heavy atom. The van der Waals surface area contributed by atoms with Gasteiger partial charge in [-0.2, -0.15) is 0 Å². The summed E-state index contributed by atoms with van der Waals surface area (Å²) in [5, 5.41) is 0. The predicted molar refractivity (Wildman–Crippen MR) is 85.8 cm³/mol. The van der Waals surface area contributed by atoms with Gasteiger partial charge in [-0.15, -0.1) is 0 Å². The Hall–Kier alpha value is -0.590. The number of carbonyl (C=O) groups excluding carboxylic acids is 1. The molecule has 3 fully saturated rings. The van der Waals surface area contributed by atoms with Gasteiger partial charge in [0.2, 0.25) is 0 Å². The van der Waals surface area contributed by atoms with E-state index >= 15 is 0 Å². The van der Waals surface area contributed by atoms with Crippen molar-refractivity contribution in [1.82, 2.24) is 0 Å². The van der Waals surface area contributed by atoms with Gasteiger partial charge >= 0.3 is 0 Å². The zero-order chi connectivity index (χ0) is 14.8. The number of allylic oxidation sites excluding steroid dienone is 2. The molecular formula is C20H30O. The first-order valence-electron chi connectivity index (χ1n) is 9.19. The fraction of sp³-hybridized carbons (Fsp3) is 0.850. The van der Waals surface area contributed by atoms with Crippen LogP contribution in [0.15, 0.2) is 12.2 Å². The normalized spacial score (nSPS) is 55.8. The van der Waals surface area contributed by atoms with Crippen LogP contribution in [0.2, 0.25) is 0 Å². The van der Waals surface area contributed by atoms with Crippen LogP contribution in [0.1, 0.15) is 65.7 Å². The van der Waals surface area contributed by atoms with Gasteiger partial charge in [0.05, 0.1) is 0 Å². The van der Waals surface area contributed by atoms with Gasteiger partial charge in [0.25, 0.3) is 0 Å². The van der Waals surface area contributed by atoms with E-state index in [9.17, 15) is 4.79 Å². The van der Waals surface area contributed by atoms with E-state index in [0.29, 0.717) is 22.5 Å². The van der Waals surface area contributed by atoms with E-state index in [-0.39, 0.29) is 5.92 Å².